The van der Waals surface area contributed by atoms with Crippen molar-refractivity contribution in [2.45, 2.75) is 95.4 Å². The minimum Gasteiger partial charge on any atom is -0.428 e. The molecule has 0 saturated carbocycles. The lowest BCUT2D eigenvalue weighted by Gasteiger charge is -2.48. The number of nitrogens with one attached hydrogen (secondary N) is 1. The van der Waals surface area contributed by atoms with E-state index in [4.69, 9.17) is 20.0 Å². The van der Waals surface area contributed by atoms with Crippen LogP contribution in [-0.4, -0.2) is 70.4 Å². The molecular weight excluding hydrogens is 582 g/mol. The molecule has 0 bridgehead atoms. The minimum atomic E-state index is -0.888. The highest BCUT2D eigenvalue weighted by molar-refractivity contribution is 8.00. The van der Waals surface area contributed by atoms with E-state index in [1.54, 1.807) is 11.5 Å². The Morgan fingerprint density at radius 3 is 2.36 bits per heavy atom. The zero-order chi connectivity index (χ0) is 30.3. The van der Waals surface area contributed by atoms with Gasteiger partial charge in [0.05, 0.1) is 0 Å². The summed E-state index contributed by atoms with van der Waals surface area (Å²) < 4.78 is 10.2. The third kappa shape index (κ3) is 9.72. The second-order valence-electron chi connectivity index (χ2n) is 10.0. The topological polar surface area (TPSA) is 163 Å². The molecule has 1 aromatic rings. The van der Waals surface area contributed by atoms with Gasteiger partial charge in [0, 0.05) is 17.6 Å². The lowest BCUT2D eigenvalue weighted by molar-refractivity contribution is -0.168. The number of hydrogen-bond donors (Lipinski definition) is 2. The van der Waals surface area contributed by atoms with Crippen molar-refractivity contribution in [3.8, 4) is 0 Å². The fourth-order valence-corrected chi connectivity index (χ4v) is 6.40. The number of unbranched alkanes of at least 4 members (excludes halogenated alkanes) is 10. The van der Waals surface area contributed by atoms with Crippen LogP contribution < -0.4 is 11.1 Å². The zero-order valence-electron chi connectivity index (χ0n) is 24.3. The Morgan fingerprint density at radius 1 is 1.07 bits per heavy atom. The summed E-state index contributed by atoms with van der Waals surface area (Å²) in [5.74, 6) is -1.93. The summed E-state index contributed by atoms with van der Waals surface area (Å²) in [5.41, 5.74) is 5.80. The number of anilines is 1. The summed E-state index contributed by atoms with van der Waals surface area (Å²) in [6.07, 6.45) is 14.9. The number of carbonyl (C=O) groups is 4. The summed E-state index contributed by atoms with van der Waals surface area (Å²) in [5, 5.41) is 7.65. The number of thioether (sulfide) groups is 1. The van der Waals surface area contributed by atoms with Gasteiger partial charge in [0.1, 0.15) is 29.9 Å². The van der Waals surface area contributed by atoms with Crippen molar-refractivity contribution < 1.29 is 33.5 Å². The summed E-state index contributed by atoms with van der Waals surface area (Å²) in [6.45, 7) is 1.70. The largest absolute Gasteiger partial charge is 0.428 e. The van der Waals surface area contributed by atoms with Crippen LogP contribution in [-0.2, 0) is 33.5 Å². The predicted molar refractivity (Wildman–Crippen MR) is 161 cm³/mol. The van der Waals surface area contributed by atoms with E-state index < -0.39 is 42.0 Å². The van der Waals surface area contributed by atoms with Gasteiger partial charge in [0.15, 0.2) is 10.8 Å². The number of β-lactam (4-membered cyclic amide) rings is 1. The highest BCUT2D eigenvalue weighted by Gasteiger charge is 2.53. The number of ether oxygens (including phenoxy) is 2. The molecule has 3 N–H and O–H groups in total. The second-order valence-corrected chi connectivity index (χ2v) is 12.1. The quantitative estimate of drug-likeness (QED) is 0.0573. The Kier molecular flexibility index (Phi) is 14.1. The lowest BCUT2D eigenvalue weighted by atomic mass is 10.0. The van der Waals surface area contributed by atoms with Gasteiger partial charge in [0.25, 0.3) is 11.8 Å². The maximum absolute atomic E-state index is 12.9. The van der Waals surface area contributed by atoms with Crippen LogP contribution in [0.15, 0.2) is 22.3 Å². The van der Waals surface area contributed by atoms with Gasteiger partial charge in [-0.25, -0.2) is 9.78 Å². The fourth-order valence-electron chi connectivity index (χ4n) is 4.66. The van der Waals surface area contributed by atoms with E-state index in [2.05, 4.69) is 22.4 Å². The normalized spacial score (nSPS) is 18.0. The van der Waals surface area contributed by atoms with Gasteiger partial charge in [-0.3, -0.25) is 19.3 Å². The number of oxime groups is 1. The molecule has 1 aromatic heterocycles. The average Bonchev–Trinajstić information content (AvgIpc) is 3.42. The van der Waals surface area contributed by atoms with Crippen molar-refractivity contribution in [3.63, 3.8) is 0 Å². The SMILES string of the molecule is CCCCCCCCCCCCCC(=O)OCOC(=O)C1=CCS[C@@H]2C(NC(=O)C(=NOC)c3csc(N)n3)C(=O)N12. The monoisotopic (exact) mass is 623 g/mol. The molecular formula is C28H41N5O7S2. The molecule has 1 saturated heterocycles. The molecule has 1 fully saturated rings. The molecule has 0 radical (unpaired) electrons. The number of nitrogens with zero attached hydrogens (tertiary/aromatic N) is 3. The maximum Gasteiger partial charge on any atom is 0.357 e. The number of aromatic nitrogens is 1. The Morgan fingerprint density at radius 2 is 1.74 bits per heavy atom. The summed E-state index contributed by atoms with van der Waals surface area (Å²) in [4.78, 5) is 60.5. The van der Waals surface area contributed by atoms with Crippen LogP contribution in [0.3, 0.4) is 0 Å². The van der Waals surface area contributed by atoms with Gasteiger partial charge < -0.3 is 25.4 Å². The molecule has 3 rings (SSSR count). The van der Waals surface area contributed by atoms with Crippen molar-refractivity contribution in [3.05, 3.63) is 22.8 Å². The summed E-state index contributed by atoms with van der Waals surface area (Å²) in [7, 11) is 1.29. The van der Waals surface area contributed by atoms with Crippen molar-refractivity contribution in [1.29, 1.82) is 0 Å². The first-order valence-corrected chi connectivity index (χ1v) is 16.4. The molecule has 42 heavy (non-hydrogen) atoms. The maximum atomic E-state index is 12.9. The van der Waals surface area contributed by atoms with Crippen molar-refractivity contribution in [1.82, 2.24) is 15.2 Å². The van der Waals surface area contributed by atoms with Gasteiger partial charge in [-0.1, -0.05) is 76.3 Å². The van der Waals surface area contributed by atoms with Crippen LogP contribution in [0.1, 0.15) is 89.7 Å². The molecule has 2 amide bonds. The Labute approximate surface area is 254 Å². The Hall–Kier alpha value is -3.13. The van der Waals surface area contributed by atoms with Gasteiger partial charge in [0.2, 0.25) is 6.79 Å². The zero-order valence-corrected chi connectivity index (χ0v) is 25.9. The predicted octanol–water partition coefficient (Wildman–Crippen LogP) is 4.10. The standard InChI is InChI=1S/C28H41N5O7S2/c1-3-4-5-6-7-8-9-10-11-12-13-14-21(34)39-18-40-27(37)20-15-16-41-26-23(25(36)33(20)26)31-24(35)22(32-38-2)19-17-42-28(29)30-19/h15,17,23,26H,3-14,16,18H2,1-2H3,(H2,29,30)(H,31,35)/t23?,26-/m1/s1. The number of hydrogen-bond acceptors (Lipinski definition) is 12. The summed E-state index contributed by atoms with van der Waals surface area (Å²) in [6, 6.07) is -0.888. The first-order valence-electron chi connectivity index (χ1n) is 14.5. The summed E-state index contributed by atoms with van der Waals surface area (Å²) >= 11 is 2.51. The van der Waals surface area contributed by atoms with Crippen LogP contribution in [0.5, 0.6) is 0 Å². The van der Waals surface area contributed by atoms with E-state index in [9.17, 15) is 19.2 Å². The number of amides is 2. The molecule has 0 spiro atoms. The third-order valence-corrected chi connectivity index (χ3v) is 8.76. The highest BCUT2D eigenvalue weighted by atomic mass is 32.2. The molecule has 3 heterocycles. The fraction of sp³-hybridized carbons (Fsp3) is 0.643. The number of rotatable bonds is 19. The first-order chi connectivity index (χ1) is 20.4. The molecule has 232 valence electrons. The van der Waals surface area contributed by atoms with Gasteiger partial charge in [-0.2, -0.15) is 0 Å². The third-order valence-electron chi connectivity index (χ3n) is 6.90. The van der Waals surface area contributed by atoms with Crippen molar-refractivity contribution in [2.24, 2.45) is 5.16 Å². The molecule has 2 atom stereocenters. The van der Waals surface area contributed by atoms with E-state index in [0.717, 1.165) is 30.6 Å². The molecule has 2 aliphatic rings. The van der Waals surface area contributed by atoms with Crippen LogP contribution in [0, 0.1) is 0 Å². The number of nitrogens with two attached hydrogens (primary N) is 1. The molecule has 2 aliphatic heterocycles. The van der Waals surface area contributed by atoms with Crippen LogP contribution >= 0.6 is 23.1 Å². The van der Waals surface area contributed by atoms with E-state index >= 15 is 0 Å². The van der Waals surface area contributed by atoms with Gasteiger partial charge in [-0.15, -0.1) is 23.1 Å². The van der Waals surface area contributed by atoms with Crippen LogP contribution in [0.25, 0.3) is 0 Å². The molecule has 14 heteroatoms. The lowest BCUT2D eigenvalue weighted by Crippen LogP contribution is -2.70. The molecule has 0 aliphatic carbocycles. The van der Waals surface area contributed by atoms with Crippen LogP contribution in [0.2, 0.25) is 0 Å². The Bertz CT molecular complexity index is 1140. The van der Waals surface area contributed by atoms with Crippen molar-refractivity contribution >= 4 is 57.7 Å². The van der Waals surface area contributed by atoms with Gasteiger partial charge >= 0.3 is 11.9 Å². The number of nitrogen functional groups attached to an aromatic ring is 1. The van der Waals surface area contributed by atoms with Gasteiger partial charge in [-0.05, 0) is 12.5 Å². The highest BCUT2D eigenvalue weighted by Crippen LogP contribution is 2.37. The van der Waals surface area contributed by atoms with Crippen LogP contribution in [0.4, 0.5) is 5.13 Å². The number of fused-ring (bicyclic) bond motifs is 1. The minimum absolute atomic E-state index is 0.0497. The molecule has 12 nitrogen and oxygen atoms in total. The average molecular weight is 624 g/mol. The van der Waals surface area contributed by atoms with Crippen molar-refractivity contribution in [2.75, 3.05) is 25.4 Å². The van der Waals surface area contributed by atoms with E-state index in [0.29, 0.717) is 5.75 Å². The van der Waals surface area contributed by atoms with E-state index in [1.165, 1.54) is 75.1 Å². The smallest absolute Gasteiger partial charge is 0.357 e. The first kappa shape index (κ1) is 33.4. The number of esters is 2. The number of thiazole rings is 1. The van der Waals surface area contributed by atoms with E-state index in [-0.39, 0.29) is 28.7 Å². The Balaban J connectivity index is 1.33. The molecule has 0 aromatic carbocycles. The second kappa shape index (κ2) is 17.7. The number of carbonyl (C=O) groups excluding carboxylic acids is 4. The van der Waals surface area contributed by atoms with E-state index in [1.807, 2.05) is 0 Å². The molecule has 1 unspecified atom stereocenters.